The van der Waals surface area contributed by atoms with Crippen LogP contribution in [-0.4, -0.2) is 46.1 Å². The number of fused-ring (bicyclic) bond motifs is 1. The highest BCUT2D eigenvalue weighted by atomic mass is 32.2. The van der Waals surface area contributed by atoms with E-state index in [1.165, 1.54) is 36.3 Å². The lowest BCUT2D eigenvalue weighted by Gasteiger charge is -2.34. The number of anilines is 1. The molecule has 5 rings (SSSR count). The molecule has 1 amide bonds. The number of nitrogens with zero attached hydrogens (tertiary/aromatic N) is 3. The number of hydrogen-bond acceptors (Lipinski definition) is 8. The molecule has 1 aliphatic heterocycles. The van der Waals surface area contributed by atoms with Crippen molar-refractivity contribution < 1.29 is 18.7 Å². The van der Waals surface area contributed by atoms with Crippen LogP contribution in [0.15, 0.2) is 35.6 Å². The Bertz CT molecular complexity index is 1160. The number of aromatic nitrogens is 2. The third-order valence-electron chi connectivity index (χ3n) is 7.04. The van der Waals surface area contributed by atoms with Crippen LogP contribution < -0.4 is 15.8 Å². The highest BCUT2D eigenvalue weighted by Gasteiger charge is 2.66. The van der Waals surface area contributed by atoms with E-state index in [-0.39, 0.29) is 21.8 Å². The van der Waals surface area contributed by atoms with Crippen LogP contribution in [0.25, 0.3) is 0 Å². The van der Waals surface area contributed by atoms with Crippen LogP contribution in [0.5, 0.6) is 5.88 Å². The Hall–Kier alpha value is -2.72. The Morgan fingerprint density at radius 2 is 2.06 bits per heavy atom. The summed E-state index contributed by atoms with van der Waals surface area (Å²) in [4.78, 5) is 25.7. The van der Waals surface area contributed by atoms with Crippen molar-refractivity contribution >= 4 is 28.5 Å². The van der Waals surface area contributed by atoms with E-state index in [9.17, 15) is 9.18 Å². The highest BCUT2D eigenvalue weighted by molar-refractivity contribution is 8.15. The first-order valence-corrected chi connectivity index (χ1v) is 12.1. The molecule has 3 N–H and O–H groups in total. The summed E-state index contributed by atoms with van der Waals surface area (Å²) < 4.78 is 25.9. The normalized spacial score (nSPS) is 28.5. The van der Waals surface area contributed by atoms with Gasteiger partial charge >= 0.3 is 0 Å². The molecule has 34 heavy (non-hydrogen) atoms. The minimum atomic E-state index is -0.852. The molecule has 10 heteroatoms. The summed E-state index contributed by atoms with van der Waals surface area (Å²) in [6.45, 7) is 5.15. The van der Waals surface area contributed by atoms with Crippen LogP contribution in [0.4, 0.5) is 10.1 Å². The minimum Gasteiger partial charge on any atom is -0.476 e. The summed E-state index contributed by atoms with van der Waals surface area (Å²) in [5.74, 6) is -0.378. The van der Waals surface area contributed by atoms with Crippen molar-refractivity contribution in [3.63, 3.8) is 0 Å². The van der Waals surface area contributed by atoms with Crippen molar-refractivity contribution in [2.24, 2.45) is 22.1 Å². The topological polar surface area (TPSA) is 112 Å². The smallest absolute Gasteiger partial charge is 0.275 e. The fraction of sp³-hybridized carbons (Fsp3) is 0.500. The zero-order valence-corrected chi connectivity index (χ0v) is 20.2. The number of methoxy groups -OCH3 is 1. The van der Waals surface area contributed by atoms with Crippen molar-refractivity contribution in [3.05, 3.63) is 47.7 Å². The maximum Gasteiger partial charge on any atom is 0.275 e. The van der Waals surface area contributed by atoms with Crippen LogP contribution >= 0.6 is 11.8 Å². The lowest BCUT2D eigenvalue weighted by molar-refractivity contribution is 0.102. The van der Waals surface area contributed by atoms with E-state index >= 15 is 0 Å². The van der Waals surface area contributed by atoms with Crippen molar-refractivity contribution in [1.82, 2.24) is 9.97 Å². The summed E-state index contributed by atoms with van der Waals surface area (Å²) in [6, 6.07) is 4.48. The minimum absolute atomic E-state index is 0.0778. The first-order chi connectivity index (χ1) is 16.2. The van der Waals surface area contributed by atoms with Crippen LogP contribution in [0.2, 0.25) is 0 Å². The molecule has 0 radical (unpaired) electrons. The number of nitrogens with two attached hydrogens (primary N) is 1. The molecule has 1 aromatic heterocycles. The van der Waals surface area contributed by atoms with Gasteiger partial charge < -0.3 is 20.5 Å². The summed E-state index contributed by atoms with van der Waals surface area (Å²) in [5, 5.41) is 3.20. The van der Waals surface area contributed by atoms with Gasteiger partial charge in [-0.15, -0.1) is 0 Å². The molecule has 3 atom stereocenters. The number of thioether (sulfide) groups is 1. The second-order valence-corrected chi connectivity index (χ2v) is 11.4. The fourth-order valence-corrected chi connectivity index (χ4v) is 6.08. The van der Waals surface area contributed by atoms with Gasteiger partial charge in [0.25, 0.3) is 5.91 Å². The number of nitrogens with one attached hydrogen (secondary N) is 1. The zero-order chi connectivity index (χ0) is 24.1. The van der Waals surface area contributed by atoms with E-state index in [1.807, 2.05) is 6.92 Å². The van der Waals surface area contributed by atoms with Crippen molar-refractivity contribution in [2.75, 3.05) is 25.6 Å². The summed E-state index contributed by atoms with van der Waals surface area (Å²) >= 11 is 1.50. The average Bonchev–Trinajstić information content (AvgIpc) is 3.71. The molecule has 2 fully saturated rings. The standard InChI is InChI=1S/C24H28FN5O3S/c1-22(6-7-22)12-33-19-11-27-17(10-28-19)20(31)29-14-4-5-16(25)15(8-14)23(2)18-9-24(18,13-32-3)34-21(26)30-23/h4-5,8,10-11,18H,6-7,9,12-13H2,1-3H3,(H2,26,30)(H,29,31)/t18-,23+,24+/m0/s1. The number of aliphatic imine (C=N–C) groups is 1. The molecule has 0 spiro atoms. The Morgan fingerprint density at radius 1 is 1.26 bits per heavy atom. The van der Waals surface area contributed by atoms with E-state index in [2.05, 4.69) is 27.2 Å². The van der Waals surface area contributed by atoms with Gasteiger partial charge in [-0.25, -0.2) is 14.4 Å². The van der Waals surface area contributed by atoms with Crippen LogP contribution in [0, 0.1) is 17.2 Å². The number of hydrogen-bond donors (Lipinski definition) is 2. The SMILES string of the molecule is COC[C@]12C[C@H]1[C@@](C)(c1cc(NC(=O)c3cnc(OCC4(C)CC4)cn3)ccc1F)N=C(N)S2. The average molecular weight is 486 g/mol. The van der Waals surface area contributed by atoms with Gasteiger partial charge in [-0.05, 0) is 44.4 Å². The molecule has 1 aromatic carbocycles. The van der Waals surface area contributed by atoms with E-state index in [0.717, 1.165) is 19.3 Å². The number of rotatable bonds is 8. The number of benzene rings is 1. The molecular formula is C24H28FN5O3S. The zero-order valence-electron chi connectivity index (χ0n) is 19.4. The van der Waals surface area contributed by atoms with E-state index < -0.39 is 17.3 Å². The third-order valence-corrected chi connectivity index (χ3v) is 8.32. The van der Waals surface area contributed by atoms with E-state index in [0.29, 0.717) is 35.5 Å². The van der Waals surface area contributed by atoms with Crippen molar-refractivity contribution in [2.45, 2.75) is 43.4 Å². The van der Waals surface area contributed by atoms with Crippen molar-refractivity contribution in [1.29, 1.82) is 0 Å². The summed E-state index contributed by atoms with van der Waals surface area (Å²) in [6.07, 6.45) is 5.93. The van der Waals surface area contributed by atoms with Gasteiger partial charge in [-0.3, -0.25) is 9.79 Å². The number of carbonyl (C=O) groups excluding carboxylic acids is 1. The second kappa shape index (κ2) is 8.20. The monoisotopic (exact) mass is 485 g/mol. The Labute approximate surface area is 201 Å². The van der Waals surface area contributed by atoms with Gasteiger partial charge in [-0.2, -0.15) is 0 Å². The molecule has 2 aliphatic carbocycles. The number of halogens is 1. The maximum atomic E-state index is 15.0. The molecular weight excluding hydrogens is 457 g/mol. The van der Waals surface area contributed by atoms with Gasteiger partial charge in [-0.1, -0.05) is 18.7 Å². The maximum absolute atomic E-state index is 15.0. The number of ether oxygens (including phenoxy) is 2. The number of amidine groups is 1. The van der Waals surface area contributed by atoms with Crippen LogP contribution in [0.1, 0.15) is 49.2 Å². The number of carbonyl (C=O) groups is 1. The van der Waals surface area contributed by atoms with Crippen LogP contribution in [0.3, 0.4) is 0 Å². The predicted octanol–water partition coefficient (Wildman–Crippen LogP) is 3.73. The van der Waals surface area contributed by atoms with Gasteiger partial charge in [0.15, 0.2) is 5.17 Å². The molecule has 3 aliphatic rings. The lowest BCUT2D eigenvalue weighted by Crippen LogP contribution is -2.37. The van der Waals surface area contributed by atoms with Gasteiger partial charge in [0.2, 0.25) is 5.88 Å². The number of amides is 1. The molecule has 2 saturated carbocycles. The van der Waals surface area contributed by atoms with Gasteiger partial charge in [0, 0.05) is 29.7 Å². The fourth-order valence-electron chi connectivity index (χ4n) is 4.63. The first kappa shape index (κ1) is 23.0. The highest BCUT2D eigenvalue weighted by Crippen LogP contribution is 2.66. The van der Waals surface area contributed by atoms with Crippen LogP contribution in [-0.2, 0) is 10.3 Å². The van der Waals surface area contributed by atoms with Gasteiger partial charge in [0.05, 0.1) is 35.9 Å². The lowest BCUT2D eigenvalue weighted by atomic mass is 9.85. The molecule has 0 saturated heterocycles. The van der Waals surface area contributed by atoms with E-state index in [1.54, 1.807) is 13.2 Å². The Balaban J connectivity index is 1.32. The molecule has 180 valence electrons. The largest absolute Gasteiger partial charge is 0.476 e. The van der Waals surface area contributed by atoms with Crippen molar-refractivity contribution in [3.8, 4) is 5.88 Å². The first-order valence-electron chi connectivity index (χ1n) is 11.3. The Kier molecular flexibility index (Phi) is 5.55. The molecule has 2 heterocycles. The molecule has 2 aromatic rings. The second-order valence-electron chi connectivity index (χ2n) is 9.94. The predicted molar refractivity (Wildman–Crippen MR) is 129 cm³/mol. The summed E-state index contributed by atoms with van der Waals surface area (Å²) in [5.41, 5.74) is 6.47. The Morgan fingerprint density at radius 3 is 2.74 bits per heavy atom. The third kappa shape index (κ3) is 4.24. The quantitative estimate of drug-likeness (QED) is 0.586. The van der Waals surface area contributed by atoms with Gasteiger partial charge in [0.1, 0.15) is 11.5 Å². The summed E-state index contributed by atoms with van der Waals surface area (Å²) in [7, 11) is 1.65. The molecule has 0 bridgehead atoms. The molecule has 0 unspecified atom stereocenters. The van der Waals surface area contributed by atoms with E-state index in [4.69, 9.17) is 15.2 Å². The molecule has 8 nitrogen and oxygen atoms in total.